The number of ether oxygens (including phenoxy) is 2. The third-order valence-electron chi connectivity index (χ3n) is 4.59. The predicted octanol–water partition coefficient (Wildman–Crippen LogP) is 2.51. The van der Waals surface area contributed by atoms with Crippen LogP contribution in [0.3, 0.4) is 0 Å². The zero-order valence-electron chi connectivity index (χ0n) is 14.9. The van der Waals surface area contributed by atoms with Crippen LogP contribution < -0.4 is 10.2 Å². The van der Waals surface area contributed by atoms with Gasteiger partial charge in [-0.3, -0.25) is 0 Å². The molecule has 1 amide bonds. The number of rotatable bonds is 2. The van der Waals surface area contributed by atoms with E-state index in [1.165, 1.54) is 0 Å². The molecule has 0 bridgehead atoms. The van der Waals surface area contributed by atoms with Crippen LogP contribution in [-0.2, 0) is 9.47 Å². The topological polar surface area (TPSA) is 81.0 Å². The van der Waals surface area contributed by atoms with Crippen molar-refractivity contribution in [2.45, 2.75) is 44.9 Å². The zero-order chi connectivity index (χ0) is 18.5. The fourth-order valence-corrected chi connectivity index (χ4v) is 5.04. The van der Waals surface area contributed by atoms with Crippen molar-refractivity contribution in [3.8, 4) is 0 Å². The molecule has 0 aliphatic carbocycles. The normalized spacial score (nSPS) is 26.2. The number of carbonyl (C=O) groups is 1. The summed E-state index contributed by atoms with van der Waals surface area (Å²) in [5.41, 5.74) is -0.497. The molecule has 0 saturated carbocycles. The first-order chi connectivity index (χ1) is 12.3. The van der Waals surface area contributed by atoms with Crippen molar-refractivity contribution in [2.24, 2.45) is 5.92 Å². The van der Waals surface area contributed by atoms with E-state index in [0.29, 0.717) is 6.61 Å². The summed E-state index contributed by atoms with van der Waals surface area (Å²) in [4.78, 5) is 19.7. The van der Waals surface area contributed by atoms with Crippen molar-refractivity contribution in [3.63, 3.8) is 0 Å². The van der Waals surface area contributed by atoms with Gasteiger partial charge in [-0.15, -0.1) is 5.10 Å². The van der Waals surface area contributed by atoms with Gasteiger partial charge in [0.15, 0.2) is 0 Å². The Balaban J connectivity index is 1.46. The first-order valence-corrected chi connectivity index (χ1v) is 10.6. The molecule has 1 N–H and O–H groups in total. The number of aromatic nitrogens is 3. The highest BCUT2D eigenvalue weighted by Gasteiger charge is 2.43. The van der Waals surface area contributed by atoms with Crippen molar-refractivity contribution in [3.05, 3.63) is 9.90 Å². The SMILES string of the molecule is CC(C)(C)OC(=O)N[C@H]1CCO[C@H]2CN(c3nn4c(I)cnc4s3)C[C@@H]12. The molecular weight excluding hydrogens is 469 g/mol. The maximum Gasteiger partial charge on any atom is 0.407 e. The lowest BCUT2D eigenvalue weighted by atomic mass is 9.92. The second-order valence-corrected chi connectivity index (χ2v) is 9.72. The summed E-state index contributed by atoms with van der Waals surface area (Å²) in [6.07, 6.45) is 2.35. The molecule has 3 atom stereocenters. The lowest BCUT2D eigenvalue weighted by Crippen LogP contribution is -2.50. The van der Waals surface area contributed by atoms with E-state index in [1.807, 2.05) is 31.5 Å². The molecule has 4 rings (SSSR count). The third-order valence-corrected chi connectivity index (χ3v) is 6.31. The summed E-state index contributed by atoms with van der Waals surface area (Å²) in [5.74, 6) is 0.228. The standard InChI is InChI=1S/C16H22IN5O3S/c1-16(2,3)25-15(23)19-10-4-5-24-11-8-21(7-9(10)11)14-20-22-12(17)6-18-13(22)26-14/h6,9-11H,4-5,7-8H2,1-3H3,(H,19,23)/t9-,10-,11-/m0/s1. The Morgan fingerprint density at radius 2 is 2.27 bits per heavy atom. The van der Waals surface area contributed by atoms with Gasteiger partial charge >= 0.3 is 6.09 Å². The number of anilines is 1. The van der Waals surface area contributed by atoms with Crippen molar-refractivity contribution in [2.75, 3.05) is 24.6 Å². The minimum absolute atomic E-state index is 0.0535. The van der Waals surface area contributed by atoms with Crippen LogP contribution in [0.1, 0.15) is 27.2 Å². The Kier molecular flexibility index (Phi) is 4.76. The van der Waals surface area contributed by atoms with Crippen molar-refractivity contribution >= 4 is 50.1 Å². The lowest BCUT2D eigenvalue weighted by molar-refractivity contribution is -0.0200. The minimum Gasteiger partial charge on any atom is -0.444 e. The molecule has 8 nitrogen and oxygen atoms in total. The first kappa shape index (κ1) is 18.2. The summed E-state index contributed by atoms with van der Waals surface area (Å²) in [6, 6.07) is 0.0535. The number of nitrogens with one attached hydrogen (secondary N) is 1. The molecule has 2 aliphatic heterocycles. The first-order valence-electron chi connectivity index (χ1n) is 8.66. The second kappa shape index (κ2) is 6.79. The molecule has 2 saturated heterocycles. The van der Waals surface area contributed by atoms with Crippen LogP contribution in [0.5, 0.6) is 0 Å². The van der Waals surface area contributed by atoms with Gasteiger partial charge in [0.25, 0.3) is 0 Å². The van der Waals surface area contributed by atoms with Gasteiger partial charge in [-0.2, -0.15) is 4.52 Å². The van der Waals surface area contributed by atoms with Gasteiger partial charge in [0.2, 0.25) is 10.1 Å². The van der Waals surface area contributed by atoms with E-state index >= 15 is 0 Å². The van der Waals surface area contributed by atoms with Crippen molar-refractivity contribution in [1.29, 1.82) is 0 Å². The van der Waals surface area contributed by atoms with Gasteiger partial charge in [0.05, 0.1) is 12.3 Å². The Labute approximate surface area is 169 Å². The molecule has 142 valence electrons. The smallest absolute Gasteiger partial charge is 0.407 e. The number of carbonyl (C=O) groups excluding carboxylic acids is 1. The monoisotopic (exact) mass is 491 g/mol. The van der Waals surface area contributed by atoms with E-state index in [0.717, 1.165) is 33.3 Å². The zero-order valence-corrected chi connectivity index (χ0v) is 17.9. The molecule has 0 spiro atoms. The summed E-state index contributed by atoms with van der Waals surface area (Å²) >= 11 is 3.81. The van der Waals surface area contributed by atoms with Crippen LogP contribution in [0.15, 0.2) is 6.20 Å². The average molecular weight is 491 g/mol. The summed E-state index contributed by atoms with van der Waals surface area (Å²) in [5, 5.41) is 8.66. The van der Waals surface area contributed by atoms with Crippen LogP contribution in [0.4, 0.5) is 9.93 Å². The van der Waals surface area contributed by atoms with E-state index in [1.54, 1.807) is 11.3 Å². The quantitative estimate of drug-likeness (QED) is 0.651. The Bertz CT molecular complexity index is 817. The third kappa shape index (κ3) is 3.63. The number of alkyl carbamates (subject to hydrolysis) is 1. The van der Waals surface area contributed by atoms with Gasteiger partial charge in [0, 0.05) is 31.7 Å². The molecule has 2 fully saturated rings. The highest BCUT2D eigenvalue weighted by Crippen LogP contribution is 2.34. The van der Waals surface area contributed by atoms with E-state index in [-0.39, 0.29) is 24.2 Å². The number of hydrogen-bond acceptors (Lipinski definition) is 7. The Morgan fingerprint density at radius 1 is 1.46 bits per heavy atom. The average Bonchev–Trinajstić information content (AvgIpc) is 3.21. The molecule has 0 unspecified atom stereocenters. The molecule has 0 aromatic carbocycles. The van der Waals surface area contributed by atoms with E-state index in [2.05, 4.69) is 42.9 Å². The fraction of sp³-hybridized carbons (Fsp3) is 0.688. The van der Waals surface area contributed by atoms with Crippen LogP contribution in [-0.4, -0.2) is 58.1 Å². The number of fused-ring (bicyclic) bond motifs is 2. The highest BCUT2D eigenvalue weighted by atomic mass is 127. The van der Waals surface area contributed by atoms with Gasteiger partial charge in [-0.25, -0.2) is 9.78 Å². The van der Waals surface area contributed by atoms with Crippen LogP contribution in [0, 0.1) is 9.62 Å². The van der Waals surface area contributed by atoms with Crippen molar-refractivity contribution in [1.82, 2.24) is 19.9 Å². The summed E-state index contributed by atoms with van der Waals surface area (Å²) in [6.45, 7) is 7.85. The van der Waals surface area contributed by atoms with Crippen LogP contribution in [0.25, 0.3) is 4.96 Å². The van der Waals surface area contributed by atoms with Crippen LogP contribution in [0.2, 0.25) is 0 Å². The molecule has 0 radical (unpaired) electrons. The molecule has 2 aromatic heterocycles. The van der Waals surface area contributed by atoms with Crippen LogP contribution >= 0.6 is 33.9 Å². The largest absolute Gasteiger partial charge is 0.444 e. The number of amides is 1. The molecule has 2 aliphatic rings. The van der Waals surface area contributed by atoms with E-state index < -0.39 is 5.60 Å². The van der Waals surface area contributed by atoms with Crippen molar-refractivity contribution < 1.29 is 14.3 Å². The number of hydrogen-bond donors (Lipinski definition) is 1. The maximum atomic E-state index is 12.2. The Morgan fingerprint density at radius 3 is 3.00 bits per heavy atom. The van der Waals surface area contributed by atoms with Gasteiger partial charge in [0.1, 0.15) is 9.30 Å². The summed E-state index contributed by atoms with van der Waals surface area (Å²) in [7, 11) is 0. The molecule has 4 heterocycles. The highest BCUT2D eigenvalue weighted by molar-refractivity contribution is 14.1. The molecule has 10 heteroatoms. The number of imidazole rings is 1. The van der Waals surface area contributed by atoms with Gasteiger partial charge in [-0.1, -0.05) is 11.3 Å². The van der Waals surface area contributed by atoms with Gasteiger partial charge in [-0.05, 0) is 49.8 Å². The van der Waals surface area contributed by atoms with E-state index in [4.69, 9.17) is 9.47 Å². The number of halogens is 1. The fourth-order valence-electron chi connectivity index (χ4n) is 3.50. The maximum absolute atomic E-state index is 12.2. The lowest BCUT2D eigenvalue weighted by Gasteiger charge is -2.33. The molecule has 26 heavy (non-hydrogen) atoms. The predicted molar refractivity (Wildman–Crippen MR) is 107 cm³/mol. The number of nitrogens with zero attached hydrogens (tertiary/aromatic N) is 4. The summed E-state index contributed by atoms with van der Waals surface area (Å²) < 4.78 is 14.2. The second-order valence-electron chi connectivity index (χ2n) is 7.68. The molecule has 2 aromatic rings. The van der Waals surface area contributed by atoms with E-state index in [9.17, 15) is 4.79 Å². The van der Waals surface area contributed by atoms with Gasteiger partial charge < -0.3 is 19.7 Å². The minimum atomic E-state index is -0.497. The molecular formula is C16H22IN5O3S. The Hall–Kier alpha value is -1.14.